The maximum absolute atomic E-state index is 12.8. The number of halogens is 1. The van der Waals surface area contributed by atoms with Crippen LogP contribution in [-0.2, 0) is 6.61 Å². The summed E-state index contributed by atoms with van der Waals surface area (Å²) in [6.45, 7) is 2.35. The molecule has 0 aliphatic rings. The number of anilines is 1. The molecule has 0 saturated carbocycles. The van der Waals surface area contributed by atoms with Crippen molar-refractivity contribution in [2.24, 2.45) is 0 Å². The molecule has 4 aromatic carbocycles. The summed E-state index contributed by atoms with van der Waals surface area (Å²) in [4.78, 5) is 17.4. The average molecular weight is 528 g/mol. The average Bonchev–Trinajstić information content (AvgIpc) is 3.33. The molecule has 0 atom stereocenters. The molecule has 0 aliphatic heterocycles. The van der Waals surface area contributed by atoms with Gasteiger partial charge in [0.05, 0.1) is 0 Å². The van der Waals surface area contributed by atoms with E-state index in [9.17, 15) is 4.79 Å². The molecule has 5 rings (SSSR count). The molecule has 0 radical (unpaired) electrons. The van der Waals surface area contributed by atoms with Gasteiger partial charge in [0.15, 0.2) is 10.7 Å². The van der Waals surface area contributed by atoms with Gasteiger partial charge < -0.3 is 14.5 Å². The molecule has 0 fully saturated rings. The summed E-state index contributed by atoms with van der Waals surface area (Å²) in [5.74, 6) is 0.716. The van der Waals surface area contributed by atoms with Crippen LogP contribution < -0.4 is 15.4 Å². The Labute approximate surface area is 224 Å². The van der Waals surface area contributed by atoms with Gasteiger partial charge in [0, 0.05) is 21.8 Å². The normalized spacial score (nSPS) is 10.8. The number of hydrogen-bond donors (Lipinski definition) is 2. The quantitative estimate of drug-likeness (QED) is 0.228. The topological polar surface area (TPSA) is 76.4 Å². The van der Waals surface area contributed by atoms with Crippen LogP contribution in [0.15, 0.2) is 95.4 Å². The summed E-state index contributed by atoms with van der Waals surface area (Å²) < 4.78 is 11.7. The number of fused-ring (bicyclic) bond motifs is 1. The molecule has 6 nitrogen and oxygen atoms in total. The second kappa shape index (κ2) is 10.8. The summed E-state index contributed by atoms with van der Waals surface area (Å²) in [6.07, 6.45) is 0. The first-order valence-corrected chi connectivity index (χ1v) is 12.3. The van der Waals surface area contributed by atoms with Crippen molar-refractivity contribution in [1.29, 1.82) is 0 Å². The number of nitrogens with zero attached hydrogens (tertiary/aromatic N) is 1. The van der Waals surface area contributed by atoms with Crippen LogP contribution in [0.5, 0.6) is 5.75 Å². The number of oxazole rings is 1. The highest BCUT2D eigenvalue weighted by atomic mass is 35.5. The molecule has 37 heavy (non-hydrogen) atoms. The van der Waals surface area contributed by atoms with E-state index in [1.807, 2.05) is 61.5 Å². The number of aromatic nitrogens is 1. The highest BCUT2D eigenvalue weighted by Gasteiger charge is 2.13. The first-order chi connectivity index (χ1) is 17.9. The number of hydrogen-bond acceptors (Lipinski definition) is 5. The van der Waals surface area contributed by atoms with Crippen LogP contribution in [0.1, 0.15) is 21.5 Å². The Morgan fingerprint density at radius 3 is 2.68 bits per heavy atom. The fraction of sp³-hybridized carbons (Fsp3) is 0.0690. The smallest absolute Gasteiger partial charge is 0.257 e. The molecule has 8 heteroatoms. The fourth-order valence-electron chi connectivity index (χ4n) is 3.71. The van der Waals surface area contributed by atoms with Crippen LogP contribution in [0.25, 0.3) is 22.6 Å². The highest BCUT2D eigenvalue weighted by molar-refractivity contribution is 7.80. The number of rotatable bonds is 6. The number of ether oxygens (including phenoxy) is 1. The third-order valence-electron chi connectivity index (χ3n) is 5.65. The van der Waals surface area contributed by atoms with E-state index in [1.165, 1.54) is 0 Å². The zero-order valence-electron chi connectivity index (χ0n) is 19.8. The second-order valence-electron chi connectivity index (χ2n) is 8.37. The Kier molecular flexibility index (Phi) is 7.16. The number of aryl methyl sites for hydroxylation is 1. The first-order valence-electron chi connectivity index (χ1n) is 11.5. The number of nitrogens with one attached hydrogen (secondary N) is 2. The van der Waals surface area contributed by atoms with Gasteiger partial charge in [-0.2, -0.15) is 0 Å². The molecule has 0 unspecified atom stereocenters. The van der Waals surface area contributed by atoms with Gasteiger partial charge in [0.25, 0.3) is 5.91 Å². The Hall–Kier alpha value is -4.20. The number of benzene rings is 4. The molecule has 184 valence electrons. The first kappa shape index (κ1) is 24.5. The van der Waals surface area contributed by atoms with E-state index in [2.05, 4.69) is 15.6 Å². The van der Waals surface area contributed by atoms with Crippen LogP contribution in [0.3, 0.4) is 0 Å². The monoisotopic (exact) mass is 527 g/mol. The Morgan fingerprint density at radius 1 is 1.00 bits per heavy atom. The van der Waals surface area contributed by atoms with Crippen LogP contribution >= 0.6 is 23.8 Å². The van der Waals surface area contributed by atoms with Crippen LogP contribution in [0.2, 0.25) is 5.02 Å². The minimum absolute atomic E-state index is 0.171. The Morgan fingerprint density at radius 2 is 1.84 bits per heavy atom. The molecular weight excluding hydrogens is 506 g/mol. The Bertz CT molecular complexity index is 1600. The standard InChI is InChI=1S/C29H22ClN3O3S/c1-18-10-11-21(28-31-25-16-22(30)12-13-26(25)36-28)15-24(18)32-29(37)33-27(34)20-8-5-9-23(14-20)35-17-19-6-3-2-4-7-19/h2-16H,17H2,1H3,(H2,32,33,34,37). The van der Waals surface area contributed by atoms with Gasteiger partial charge in [-0.3, -0.25) is 10.1 Å². The minimum atomic E-state index is -0.340. The molecule has 0 spiro atoms. The molecule has 0 saturated heterocycles. The molecule has 1 amide bonds. The maximum Gasteiger partial charge on any atom is 0.257 e. The highest BCUT2D eigenvalue weighted by Crippen LogP contribution is 2.29. The van der Waals surface area contributed by atoms with E-state index in [4.69, 9.17) is 33.0 Å². The lowest BCUT2D eigenvalue weighted by Gasteiger charge is -2.13. The summed E-state index contributed by atoms with van der Waals surface area (Å²) in [7, 11) is 0. The zero-order valence-corrected chi connectivity index (χ0v) is 21.4. The SMILES string of the molecule is Cc1ccc(-c2nc3cc(Cl)ccc3o2)cc1NC(=S)NC(=O)c1cccc(OCc2ccccc2)c1. The van der Waals surface area contributed by atoms with E-state index < -0.39 is 0 Å². The van der Waals surface area contributed by atoms with Gasteiger partial charge in [-0.05, 0) is 78.8 Å². The molecule has 2 N–H and O–H groups in total. The zero-order chi connectivity index (χ0) is 25.8. The van der Waals surface area contributed by atoms with Gasteiger partial charge in [0.1, 0.15) is 17.9 Å². The summed E-state index contributed by atoms with van der Waals surface area (Å²) in [5.41, 5.74) is 5.23. The predicted octanol–water partition coefficient (Wildman–Crippen LogP) is 7.16. The molecule has 0 aliphatic carbocycles. The van der Waals surface area contributed by atoms with Gasteiger partial charge in [-0.25, -0.2) is 4.98 Å². The third-order valence-corrected chi connectivity index (χ3v) is 6.09. The van der Waals surface area contributed by atoms with Crippen molar-refractivity contribution in [3.05, 3.63) is 113 Å². The summed E-state index contributed by atoms with van der Waals surface area (Å²) in [5, 5.41) is 6.60. The number of carbonyl (C=O) groups is 1. The van der Waals surface area contributed by atoms with Crippen molar-refractivity contribution in [2.45, 2.75) is 13.5 Å². The lowest BCUT2D eigenvalue weighted by molar-refractivity contribution is 0.0977. The van der Waals surface area contributed by atoms with Gasteiger partial charge in [-0.15, -0.1) is 0 Å². The molecule has 1 heterocycles. The molecule has 1 aromatic heterocycles. The van der Waals surface area contributed by atoms with Gasteiger partial charge in [-0.1, -0.05) is 54.1 Å². The number of thiocarbonyl (C=S) groups is 1. The lowest BCUT2D eigenvalue weighted by atomic mass is 10.1. The number of carbonyl (C=O) groups excluding carboxylic acids is 1. The fourth-order valence-corrected chi connectivity index (χ4v) is 4.08. The van der Waals surface area contributed by atoms with E-state index >= 15 is 0 Å². The molecular formula is C29H22ClN3O3S. The van der Waals surface area contributed by atoms with Crippen molar-refractivity contribution < 1.29 is 13.9 Å². The van der Waals surface area contributed by atoms with E-state index in [-0.39, 0.29) is 11.0 Å². The minimum Gasteiger partial charge on any atom is -0.489 e. The van der Waals surface area contributed by atoms with E-state index in [0.29, 0.717) is 39.9 Å². The van der Waals surface area contributed by atoms with Crippen molar-refractivity contribution in [2.75, 3.05) is 5.32 Å². The van der Waals surface area contributed by atoms with E-state index in [1.54, 1.807) is 36.4 Å². The lowest BCUT2D eigenvalue weighted by Crippen LogP contribution is -2.34. The van der Waals surface area contributed by atoms with Crippen molar-refractivity contribution >= 4 is 51.6 Å². The second-order valence-corrected chi connectivity index (χ2v) is 9.22. The summed E-state index contributed by atoms with van der Waals surface area (Å²) >= 11 is 11.5. The predicted molar refractivity (Wildman–Crippen MR) is 150 cm³/mol. The largest absolute Gasteiger partial charge is 0.489 e. The van der Waals surface area contributed by atoms with Gasteiger partial charge in [0.2, 0.25) is 5.89 Å². The molecule has 5 aromatic rings. The molecule has 0 bridgehead atoms. The van der Waals surface area contributed by atoms with Crippen molar-refractivity contribution in [3.63, 3.8) is 0 Å². The number of amides is 1. The Balaban J connectivity index is 1.25. The van der Waals surface area contributed by atoms with Crippen molar-refractivity contribution in [3.8, 4) is 17.2 Å². The van der Waals surface area contributed by atoms with Crippen LogP contribution in [-0.4, -0.2) is 16.0 Å². The van der Waals surface area contributed by atoms with Crippen molar-refractivity contribution in [1.82, 2.24) is 10.3 Å². The maximum atomic E-state index is 12.8. The van der Waals surface area contributed by atoms with Crippen LogP contribution in [0, 0.1) is 6.92 Å². The van der Waals surface area contributed by atoms with Gasteiger partial charge >= 0.3 is 0 Å². The van der Waals surface area contributed by atoms with E-state index in [0.717, 1.165) is 22.4 Å². The summed E-state index contributed by atoms with van der Waals surface area (Å²) in [6, 6.07) is 27.8. The van der Waals surface area contributed by atoms with Crippen LogP contribution in [0.4, 0.5) is 5.69 Å². The third kappa shape index (κ3) is 5.97.